The standard InChI is InChI=1S/C14H12Cl2N4O/c1-2-5-17-14-18-7-9(8-19-14)13(21)20-12-6-10(15)3-4-11(12)16/h2-4,6-8H,1,5H2,(H,20,21)(H,17,18,19). The lowest BCUT2D eigenvalue weighted by molar-refractivity contribution is 0.102. The fraction of sp³-hybridized carbons (Fsp3) is 0.0714. The summed E-state index contributed by atoms with van der Waals surface area (Å²) in [6.07, 6.45) is 4.53. The van der Waals surface area contributed by atoms with Crippen molar-refractivity contribution in [1.82, 2.24) is 9.97 Å². The fourth-order valence-electron chi connectivity index (χ4n) is 1.49. The van der Waals surface area contributed by atoms with E-state index in [0.29, 0.717) is 33.8 Å². The van der Waals surface area contributed by atoms with Gasteiger partial charge in [0.15, 0.2) is 0 Å². The lowest BCUT2D eigenvalue weighted by Crippen LogP contribution is -2.13. The third-order valence-corrected chi connectivity index (χ3v) is 3.06. The van der Waals surface area contributed by atoms with Crippen LogP contribution in [0.2, 0.25) is 10.0 Å². The Kier molecular flexibility index (Phi) is 5.14. The van der Waals surface area contributed by atoms with Gasteiger partial charge in [-0.15, -0.1) is 6.58 Å². The molecule has 5 nitrogen and oxygen atoms in total. The van der Waals surface area contributed by atoms with Crippen LogP contribution in [0, 0.1) is 0 Å². The van der Waals surface area contributed by atoms with E-state index in [2.05, 4.69) is 27.2 Å². The quantitative estimate of drug-likeness (QED) is 0.825. The zero-order chi connectivity index (χ0) is 15.2. The molecule has 21 heavy (non-hydrogen) atoms. The molecule has 0 aliphatic heterocycles. The van der Waals surface area contributed by atoms with E-state index >= 15 is 0 Å². The number of hydrogen-bond acceptors (Lipinski definition) is 4. The molecule has 0 spiro atoms. The minimum atomic E-state index is -0.366. The number of carbonyl (C=O) groups is 1. The monoisotopic (exact) mass is 322 g/mol. The summed E-state index contributed by atoms with van der Waals surface area (Å²) in [7, 11) is 0. The third kappa shape index (κ3) is 4.18. The number of rotatable bonds is 5. The van der Waals surface area contributed by atoms with Crippen LogP contribution in [0.25, 0.3) is 0 Å². The molecule has 0 aliphatic rings. The summed E-state index contributed by atoms with van der Waals surface area (Å²) in [6, 6.07) is 4.82. The van der Waals surface area contributed by atoms with Crippen LogP contribution in [-0.4, -0.2) is 22.4 Å². The van der Waals surface area contributed by atoms with E-state index in [1.807, 2.05) is 0 Å². The molecule has 0 saturated carbocycles. The molecule has 0 aliphatic carbocycles. The van der Waals surface area contributed by atoms with Crippen molar-refractivity contribution >= 4 is 40.7 Å². The summed E-state index contributed by atoms with van der Waals surface area (Å²) in [4.78, 5) is 20.1. The Balaban J connectivity index is 2.09. The predicted molar refractivity (Wildman–Crippen MR) is 85.1 cm³/mol. The van der Waals surface area contributed by atoms with Gasteiger partial charge in [-0.05, 0) is 18.2 Å². The first kappa shape index (κ1) is 15.3. The molecule has 1 aromatic heterocycles. The molecule has 0 bridgehead atoms. The highest BCUT2D eigenvalue weighted by molar-refractivity contribution is 6.35. The number of anilines is 2. The average molecular weight is 323 g/mol. The van der Waals surface area contributed by atoms with Crippen molar-refractivity contribution in [2.45, 2.75) is 0 Å². The number of aromatic nitrogens is 2. The van der Waals surface area contributed by atoms with Gasteiger partial charge in [0.05, 0.1) is 16.3 Å². The zero-order valence-electron chi connectivity index (χ0n) is 10.9. The zero-order valence-corrected chi connectivity index (χ0v) is 12.4. The van der Waals surface area contributed by atoms with Crippen molar-refractivity contribution in [2.75, 3.05) is 17.2 Å². The molecule has 2 N–H and O–H groups in total. The van der Waals surface area contributed by atoms with Gasteiger partial charge >= 0.3 is 0 Å². The fourth-order valence-corrected chi connectivity index (χ4v) is 1.82. The number of nitrogens with zero attached hydrogens (tertiary/aromatic N) is 2. The van der Waals surface area contributed by atoms with Crippen LogP contribution in [0.4, 0.5) is 11.6 Å². The SMILES string of the molecule is C=CCNc1ncc(C(=O)Nc2cc(Cl)ccc2Cl)cn1. The molecule has 0 unspecified atom stereocenters. The minimum absolute atomic E-state index is 0.315. The van der Waals surface area contributed by atoms with Crippen LogP contribution < -0.4 is 10.6 Å². The van der Waals surface area contributed by atoms with E-state index in [1.54, 1.807) is 24.3 Å². The number of amides is 1. The molecule has 2 aromatic rings. The van der Waals surface area contributed by atoms with Gasteiger partial charge < -0.3 is 10.6 Å². The van der Waals surface area contributed by atoms with Crippen molar-refractivity contribution in [1.29, 1.82) is 0 Å². The summed E-state index contributed by atoms with van der Waals surface area (Å²) < 4.78 is 0. The van der Waals surface area contributed by atoms with Crippen LogP contribution in [0.5, 0.6) is 0 Å². The highest BCUT2D eigenvalue weighted by Gasteiger charge is 2.10. The molecule has 1 heterocycles. The summed E-state index contributed by atoms with van der Waals surface area (Å²) in [5.74, 6) is 0.0571. The van der Waals surface area contributed by atoms with Crippen LogP contribution in [-0.2, 0) is 0 Å². The van der Waals surface area contributed by atoms with E-state index in [4.69, 9.17) is 23.2 Å². The number of carbonyl (C=O) groups excluding carboxylic acids is 1. The lowest BCUT2D eigenvalue weighted by atomic mass is 10.2. The van der Waals surface area contributed by atoms with E-state index < -0.39 is 0 Å². The topological polar surface area (TPSA) is 66.9 Å². The smallest absolute Gasteiger partial charge is 0.258 e. The molecular weight excluding hydrogens is 311 g/mol. The number of hydrogen-bond donors (Lipinski definition) is 2. The van der Waals surface area contributed by atoms with Crippen molar-refractivity contribution in [3.05, 3.63) is 58.9 Å². The minimum Gasteiger partial charge on any atom is -0.351 e. The van der Waals surface area contributed by atoms with Crippen LogP contribution in [0.15, 0.2) is 43.2 Å². The maximum absolute atomic E-state index is 12.1. The van der Waals surface area contributed by atoms with E-state index in [1.165, 1.54) is 12.4 Å². The molecule has 0 saturated heterocycles. The Morgan fingerprint density at radius 3 is 2.67 bits per heavy atom. The van der Waals surface area contributed by atoms with Crippen LogP contribution in [0.1, 0.15) is 10.4 Å². The summed E-state index contributed by atoms with van der Waals surface area (Å²) in [5, 5.41) is 6.46. The Morgan fingerprint density at radius 1 is 1.29 bits per heavy atom. The Hall–Kier alpha value is -2.11. The Bertz CT molecular complexity index is 659. The van der Waals surface area contributed by atoms with E-state index in [0.717, 1.165) is 0 Å². The maximum atomic E-state index is 12.1. The second-order valence-electron chi connectivity index (χ2n) is 4.04. The van der Waals surface area contributed by atoms with Gasteiger partial charge in [0.25, 0.3) is 5.91 Å². The number of benzene rings is 1. The number of halogens is 2. The van der Waals surface area contributed by atoms with E-state index in [-0.39, 0.29) is 5.91 Å². The molecule has 2 rings (SSSR count). The first-order chi connectivity index (χ1) is 10.1. The summed E-state index contributed by atoms with van der Waals surface area (Å²) >= 11 is 11.9. The van der Waals surface area contributed by atoms with Crippen molar-refractivity contribution in [3.63, 3.8) is 0 Å². The molecule has 1 amide bonds. The van der Waals surface area contributed by atoms with Crippen molar-refractivity contribution in [3.8, 4) is 0 Å². The average Bonchev–Trinajstić information content (AvgIpc) is 2.49. The van der Waals surface area contributed by atoms with Gasteiger partial charge in [-0.1, -0.05) is 29.3 Å². The molecule has 7 heteroatoms. The van der Waals surface area contributed by atoms with Gasteiger partial charge in [0, 0.05) is 24.0 Å². The lowest BCUT2D eigenvalue weighted by Gasteiger charge is -2.08. The largest absolute Gasteiger partial charge is 0.351 e. The first-order valence-corrected chi connectivity index (χ1v) is 6.79. The molecule has 108 valence electrons. The van der Waals surface area contributed by atoms with Gasteiger partial charge in [-0.3, -0.25) is 4.79 Å². The molecular formula is C14H12Cl2N4O. The Labute approximate surface area is 132 Å². The number of nitrogens with one attached hydrogen (secondary N) is 2. The van der Waals surface area contributed by atoms with Crippen LogP contribution >= 0.6 is 23.2 Å². The highest BCUT2D eigenvalue weighted by atomic mass is 35.5. The molecule has 1 aromatic carbocycles. The third-order valence-electron chi connectivity index (χ3n) is 2.50. The normalized spacial score (nSPS) is 10.0. The highest BCUT2D eigenvalue weighted by Crippen LogP contribution is 2.25. The van der Waals surface area contributed by atoms with Gasteiger partial charge in [-0.25, -0.2) is 9.97 Å². The first-order valence-electron chi connectivity index (χ1n) is 6.03. The maximum Gasteiger partial charge on any atom is 0.258 e. The van der Waals surface area contributed by atoms with Crippen molar-refractivity contribution in [2.24, 2.45) is 0 Å². The predicted octanol–water partition coefficient (Wildman–Crippen LogP) is 3.63. The molecule has 0 radical (unpaired) electrons. The summed E-state index contributed by atoms with van der Waals surface area (Å²) in [6.45, 7) is 4.12. The van der Waals surface area contributed by atoms with Crippen molar-refractivity contribution < 1.29 is 4.79 Å². The van der Waals surface area contributed by atoms with Gasteiger partial charge in [-0.2, -0.15) is 0 Å². The second-order valence-corrected chi connectivity index (χ2v) is 4.89. The molecule has 0 atom stereocenters. The second kappa shape index (κ2) is 7.06. The molecule has 0 fully saturated rings. The van der Waals surface area contributed by atoms with Gasteiger partial charge in [0.2, 0.25) is 5.95 Å². The van der Waals surface area contributed by atoms with E-state index in [9.17, 15) is 4.79 Å². The Morgan fingerprint density at radius 2 is 2.00 bits per heavy atom. The summed E-state index contributed by atoms with van der Waals surface area (Å²) in [5.41, 5.74) is 0.748. The van der Waals surface area contributed by atoms with Gasteiger partial charge in [0.1, 0.15) is 0 Å². The van der Waals surface area contributed by atoms with Crippen LogP contribution in [0.3, 0.4) is 0 Å².